The van der Waals surface area contributed by atoms with Gasteiger partial charge in [0.05, 0.1) is 30.1 Å². The summed E-state index contributed by atoms with van der Waals surface area (Å²) in [6, 6.07) is 19.1. The summed E-state index contributed by atoms with van der Waals surface area (Å²) in [7, 11) is 0. The molecule has 0 atom stereocenters. The molecule has 0 unspecified atom stereocenters. The Morgan fingerprint density at radius 1 is 1.08 bits per heavy atom. The lowest BCUT2D eigenvalue weighted by molar-refractivity contribution is 0.282. The zero-order chi connectivity index (χ0) is 18.2. The molecule has 0 radical (unpaired) electrons. The van der Waals surface area contributed by atoms with Crippen molar-refractivity contribution >= 4 is 5.69 Å². The van der Waals surface area contributed by atoms with E-state index < -0.39 is 0 Å². The predicted octanol–water partition coefficient (Wildman–Crippen LogP) is 3.64. The fourth-order valence-corrected chi connectivity index (χ4v) is 2.56. The van der Waals surface area contributed by atoms with Gasteiger partial charge in [-0.15, -0.1) is 0 Å². The Balaban J connectivity index is 1.62. The molecule has 0 spiro atoms. The third kappa shape index (κ3) is 4.59. The Labute approximate surface area is 152 Å². The average molecular weight is 345 g/mol. The van der Waals surface area contributed by atoms with Crippen molar-refractivity contribution < 1.29 is 9.84 Å². The molecule has 2 aromatic carbocycles. The third-order valence-electron chi connectivity index (χ3n) is 3.92. The monoisotopic (exact) mass is 345 g/mol. The van der Waals surface area contributed by atoms with Gasteiger partial charge in [0.25, 0.3) is 0 Å². The quantitative estimate of drug-likeness (QED) is 0.683. The molecular weight excluding hydrogens is 326 g/mol. The molecule has 0 aliphatic carbocycles. The highest BCUT2D eigenvalue weighted by Gasteiger charge is 2.03. The van der Waals surface area contributed by atoms with Gasteiger partial charge in [-0.1, -0.05) is 24.3 Å². The van der Waals surface area contributed by atoms with E-state index in [4.69, 9.17) is 10.00 Å². The third-order valence-corrected chi connectivity index (χ3v) is 3.92. The molecule has 130 valence electrons. The molecule has 0 saturated heterocycles. The van der Waals surface area contributed by atoms with Gasteiger partial charge in [0, 0.05) is 18.3 Å². The van der Waals surface area contributed by atoms with Crippen molar-refractivity contribution in [1.82, 2.24) is 4.98 Å². The Bertz CT molecular complexity index is 919. The number of hydrogen-bond acceptors (Lipinski definition) is 5. The molecule has 5 heteroatoms. The van der Waals surface area contributed by atoms with E-state index in [-0.39, 0.29) is 6.61 Å². The molecule has 0 aliphatic heterocycles. The summed E-state index contributed by atoms with van der Waals surface area (Å²) in [4.78, 5) is 4.08. The van der Waals surface area contributed by atoms with Crippen molar-refractivity contribution in [2.24, 2.45) is 0 Å². The van der Waals surface area contributed by atoms with E-state index in [1.807, 2.05) is 42.5 Å². The second-order valence-corrected chi connectivity index (χ2v) is 5.79. The number of rotatable bonds is 7. The number of ether oxygens (including phenoxy) is 1. The molecule has 0 fully saturated rings. The normalized spacial score (nSPS) is 10.2. The van der Waals surface area contributed by atoms with Gasteiger partial charge in [0.1, 0.15) is 12.4 Å². The van der Waals surface area contributed by atoms with Crippen molar-refractivity contribution in [3.8, 4) is 11.8 Å². The molecule has 0 aliphatic rings. The fourth-order valence-electron chi connectivity index (χ4n) is 2.56. The SMILES string of the molecule is N#Cc1cccc(COc2cccc(CNc3cnccc3CO)c2)c1. The lowest BCUT2D eigenvalue weighted by Crippen LogP contribution is -2.03. The van der Waals surface area contributed by atoms with Crippen LogP contribution in [-0.2, 0) is 19.8 Å². The minimum atomic E-state index is -0.0320. The lowest BCUT2D eigenvalue weighted by Gasteiger charge is -2.11. The first-order chi connectivity index (χ1) is 12.8. The molecule has 1 heterocycles. The minimum Gasteiger partial charge on any atom is -0.489 e. The van der Waals surface area contributed by atoms with Crippen LogP contribution in [0.25, 0.3) is 0 Å². The van der Waals surface area contributed by atoms with E-state index in [0.29, 0.717) is 18.7 Å². The summed E-state index contributed by atoms with van der Waals surface area (Å²) in [5.41, 5.74) is 4.26. The van der Waals surface area contributed by atoms with Crippen LogP contribution in [0.15, 0.2) is 67.0 Å². The number of aromatic nitrogens is 1. The van der Waals surface area contributed by atoms with Crippen LogP contribution >= 0.6 is 0 Å². The zero-order valence-corrected chi connectivity index (χ0v) is 14.2. The summed E-state index contributed by atoms with van der Waals surface area (Å²) < 4.78 is 5.84. The van der Waals surface area contributed by atoms with Gasteiger partial charge in [-0.2, -0.15) is 5.26 Å². The van der Waals surface area contributed by atoms with Gasteiger partial charge in [0.2, 0.25) is 0 Å². The number of nitrogens with zero attached hydrogens (tertiary/aromatic N) is 2. The van der Waals surface area contributed by atoms with Crippen LogP contribution in [0, 0.1) is 11.3 Å². The molecule has 5 nitrogen and oxygen atoms in total. The van der Waals surface area contributed by atoms with Crippen LogP contribution < -0.4 is 10.1 Å². The summed E-state index contributed by atoms with van der Waals surface area (Å²) in [6.07, 6.45) is 3.36. The Kier molecular flexibility index (Phi) is 5.81. The maximum absolute atomic E-state index is 9.37. The molecule has 26 heavy (non-hydrogen) atoms. The van der Waals surface area contributed by atoms with Crippen LogP contribution in [0.1, 0.15) is 22.3 Å². The van der Waals surface area contributed by atoms with Crippen LogP contribution in [0.5, 0.6) is 5.75 Å². The molecule has 3 aromatic rings. The van der Waals surface area contributed by atoms with Gasteiger partial charge in [-0.25, -0.2) is 0 Å². The van der Waals surface area contributed by atoms with Gasteiger partial charge >= 0.3 is 0 Å². The Morgan fingerprint density at radius 3 is 2.77 bits per heavy atom. The van der Waals surface area contributed by atoms with Crippen LogP contribution in [0.2, 0.25) is 0 Å². The summed E-state index contributed by atoms with van der Waals surface area (Å²) in [5, 5.41) is 21.6. The first-order valence-electron chi connectivity index (χ1n) is 8.27. The van der Waals surface area contributed by atoms with E-state index in [9.17, 15) is 5.11 Å². The largest absolute Gasteiger partial charge is 0.489 e. The van der Waals surface area contributed by atoms with Gasteiger partial charge < -0.3 is 15.2 Å². The first kappa shape index (κ1) is 17.5. The standard InChI is InChI=1S/C21H19N3O2/c22-11-16-3-1-5-18(9-16)15-26-20-6-2-4-17(10-20)12-24-21-13-23-8-7-19(21)14-25/h1-10,13,24-25H,12,14-15H2. The number of anilines is 1. The topological polar surface area (TPSA) is 78.2 Å². The van der Waals surface area contributed by atoms with E-state index in [1.54, 1.807) is 24.5 Å². The number of hydrogen-bond donors (Lipinski definition) is 2. The van der Waals surface area contributed by atoms with Crippen molar-refractivity contribution in [2.45, 2.75) is 19.8 Å². The van der Waals surface area contributed by atoms with Crippen LogP contribution in [0.4, 0.5) is 5.69 Å². The number of nitriles is 1. The smallest absolute Gasteiger partial charge is 0.120 e. The van der Waals surface area contributed by atoms with Crippen LogP contribution in [-0.4, -0.2) is 10.1 Å². The predicted molar refractivity (Wildman–Crippen MR) is 99.4 cm³/mol. The first-order valence-corrected chi connectivity index (χ1v) is 8.27. The fraction of sp³-hybridized carbons (Fsp3) is 0.143. The lowest BCUT2D eigenvalue weighted by atomic mass is 10.1. The summed E-state index contributed by atoms with van der Waals surface area (Å²) >= 11 is 0. The second-order valence-electron chi connectivity index (χ2n) is 5.79. The maximum atomic E-state index is 9.37. The van der Waals surface area contributed by atoms with E-state index >= 15 is 0 Å². The van der Waals surface area contributed by atoms with E-state index in [1.165, 1.54) is 0 Å². The Hall–Kier alpha value is -3.36. The molecular formula is C21H19N3O2. The van der Waals surface area contributed by atoms with E-state index in [0.717, 1.165) is 28.1 Å². The summed E-state index contributed by atoms with van der Waals surface area (Å²) in [5.74, 6) is 0.764. The van der Waals surface area contributed by atoms with Crippen molar-refractivity contribution in [3.05, 3.63) is 89.2 Å². The number of nitrogens with one attached hydrogen (secondary N) is 1. The van der Waals surface area contributed by atoms with Gasteiger partial charge in [-0.3, -0.25) is 4.98 Å². The second kappa shape index (κ2) is 8.65. The summed E-state index contributed by atoms with van der Waals surface area (Å²) in [6.45, 7) is 0.971. The number of aliphatic hydroxyl groups excluding tert-OH is 1. The van der Waals surface area contributed by atoms with E-state index in [2.05, 4.69) is 16.4 Å². The van der Waals surface area contributed by atoms with Crippen LogP contribution in [0.3, 0.4) is 0 Å². The van der Waals surface area contributed by atoms with Gasteiger partial charge in [-0.05, 0) is 41.5 Å². The molecule has 0 saturated carbocycles. The molecule has 3 rings (SSSR count). The van der Waals surface area contributed by atoms with Crippen molar-refractivity contribution in [1.29, 1.82) is 5.26 Å². The molecule has 1 aromatic heterocycles. The molecule has 2 N–H and O–H groups in total. The zero-order valence-electron chi connectivity index (χ0n) is 14.2. The van der Waals surface area contributed by atoms with Crippen molar-refractivity contribution in [2.75, 3.05) is 5.32 Å². The number of pyridine rings is 1. The highest BCUT2D eigenvalue weighted by atomic mass is 16.5. The highest BCUT2D eigenvalue weighted by Crippen LogP contribution is 2.18. The molecule has 0 amide bonds. The molecule has 0 bridgehead atoms. The van der Waals surface area contributed by atoms with Gasteiger partial charge in [0.15, 0.2) is 0 Å². The number of aliphatic hydroxyl groups is 1. The Morgan fingerprint density at radius 2 is 1.92 bits per heavy atom. The maximum Gasteiger partial charge on any atom is 0.120 e. The van der Waals surface area contributed by atoms with Crippen molar-refractivity contribution in [3.63, 3.8) is 0 Å². The minimum absolute atomic E-state index is 0.0320. The average Bonchev–Trinajstić information content (AvgIpc) is 2.71. The number of benzene rings is 2. The highest BCUT2D eigenvalue weighted by molar-refractivity contribution is 5.49.